The Kier molecular flexibility index (Phi) is 6.88. The van der Waals surface area contributed by atoms with Gasteiger partial charge < -0.3 is 9.47 Å². The van der Waals surface area contributed by atoms with Crippen LogP contribution >= 0.6 is 11.3 Å². The van der Waals surface area contributed by atoms with Crippen LogP contribution < -0.4 is 4.74 Å². The van der Waals surface area contributed by atoms with E-state index < -0.39 is 10.0 Å². The van der Waals surface area contributed by atoms with Gasteiger partial charge in [-0.1, -0.05) is 0 Å². The number of piperazine rings is 1. The minimum atomic E-state index is -3.48. The standard InChI is InChI=1S/C19H26N2O4S2/c1-16-13-18(3-4-19(16)25-11-10-24-2)27(22,23)21-8-6-20(7-9-21)14-17-5-12-26-15-17/h3-5,12-13,15H,6-11,14H2,1-2H3. The number of rotatable bonds is 8. The van der Waals surface area contributed by atoms with E-state index in [9.17, 15) is 8.42 Å². The van der Waals surface area contributed by atoms with E-state index in [2.05, 4.69) is 21.7 Å². The smallest absolute Gasteiger partial charge is 0.243 e. The molecule has 0 saturated carbocycles. The number of hydrogen-bond donors (Lipinski definition) is 0. The Balaban J connectivity index is 1.62. The highest BCUT2D eigenvalue weighted by Gasteiger charge is 2.28. The monoisotopic (exact) mass is 410 g/mol. The molecule has 1 saturated heterocycles. The van der Waals surface area contributed by atoms with Crippen molar-refractivity contribution >= 4 is 21.4 Å². The van der Waals surface area contributed by atoms with Crippen molar-refractivity contribution in [2.24, 2.45) is 0 Å². The summed E-state index contributed by atoms with van der Waals surface area (Å²) in [6, 6.07) is 7.16. The van der Waals surface area contributed by atoms with Crippen LogP contribution in [-0.2, 0) is 21.3 Å². The predicted octanol–water partition coefficient (Wildman–Crippen LogP) is 2.59. The maximum absolute atomic E-state index is 13.0. The molecule has 0 spiro atoms. The Hall–Kier alpha value is -1.45. The topological polar surface area (TPSA) is 59.1 Å². The lowest BCUT2D eigenvalue weighted by Gasteiger charge is -2.33. The largest absolute Gasteiger partial charge is 0.491 e. The fraction of sp³-hybridized carbons (Fsp3) is 0.474. The maximum Gasteiger partial charge on any atom is 0.243 e. The van der Waals surface area contributed by atoms with E-state index in [1.807, 2.05) is 6.92 Å². The molecule has 1 aromatic heterocycles. The number of ether oxygens (including phenoxy) is 2. The summed E-state index contributed by atoms with van der Waals surface area (Å²) < 4.78 is 38.1. The summed E-state index contributed by atoms with van der Waals surface area (Å²) in [4.78, 5) is 2.62. The molecule has 3 rings (SSSR count). The lowest BCUT2D eigenvalue weighted by atomic mass is 10.2. The fourth-order valence-electron chi connectivity index (χ4n) is 3.10. The van der Waals surface area contributed by atoms with Crippen molar-refractivity contribution in [2.75, 3.05) is 46.5 Å². The zero-order valence-electron chi connectivity index (χ0n) is 15.8. The molecule has 0 bridgehead atoms. The van der Waals surface area contributed by atoms with E-state index in [-0.39, 0.29) is 0 Å². The molecule has 8 heteroatoms. The van der Waals surface area contributed by atoms with E-state index in [1.54, 1.807) is 41.0 Å². The molecule has 0 atom stereocenters. The number of thiophene rings is 1. The summed E-state index contributed by atoms with van der Waals surface area (Å²) in [6.45, 7) is 6.18. The molecule has 1 aliphatic rings. The third kappa shape index (κ3) is 5.08. The Labute approximate surface area is 165 Å². The second-order valence-corrected chi connectivity index (χ2v) is 9.30. The van der Waals surface area contributed by atoms with Gasteiger partial charge in [-0.3, -0.25) is 4.90 Å². The zero-order valence-corrected chi connectivity index (χ0v) is 17.4. The van der Waals surface area contributed by atoms with Gasteiger partial charge in [0.1, 0.15) is 12.4 Å². The minimum Gasteiger partial charge on any atom is -0.491 e. The number of nitrogens with zero attached hydrogens (tertiary/aromatic N) is 2. The van der Waals surface area contributed by atoms with Crippen LogP contribution in [0.15, 0.2) is 39.9 Å². The average Bonchev–Trinajstić information content (AvgIpc) is 3.16. The summed E-state index contributed by atoms with van der Waals surface area (Å²) in [5.74, 6) is 0.687. The van der Waals surface area contributed by atoms with Crippen LogP contribution in [0.2, 0.25) is 0 Å². The van der Waals surface area contributed by atoms with E-state index >= 15 is 0 Å². The average molecular weight is 411 g/mol. The third-order valence-corrected chi connectivity index (χ3v) is 7.27. The van der Waals surface area contributed by atoms with Gasteiger partial charge in [-0.15, -0.1) is 0 Å². The zero-order chi connectivity index (χ0) is 19.3. The third-order valence-electron chi connectivity index (χ3n) is 4.65. The maximum atomic E-state index is 13.0. The molecule has 1 aromatic carbocycles. The SMILES string of the molecule is COCCOc1ccc(S(=O)(=O)N2CCN(Cc3ccsc3)CC2)cc1C. The van der Waals surface area contributed by atoms with Gasteiger partial charge in [-0.2, -0.15) is 15.6 Å². The van der Waals surface area contributed by atoms with E-state index in [4.69, 9.17) is 9.47 Å². The Morgan fingerprint density at radius 2 is 1.89 bits per heavy atom. The van der Waals surface area contributed by atoms with Gasteiger partial charge in [0, 0.05) is 39.8 Å². The van der Waals surface area contributed by atoms with Crippen molar-refractivity contribution in [2.45, 2.75) is 18.4 Å². The number of aryl methyl sites for hydroxylation is 1. The molecule has 27 heavy (non-hydrogen) atoms. The summed E-state index contributed by atoms with van der Waals surface area (Å²) in [7, 11) is -1.87. The molecule has 1 aliphatic heterocycles. The van der Waals surface area contributed by atoms with Gasteiger partial charge in [0.15, 0.2) is 0 Å². The second-order valence-electron chi connectivity index (χ2n) is 6.58. The number of benzene rings is 1. The van der Waals surface area contributed by atoms with Gasteiger partial charge in [0.25, 0.3) is 0 Å². The molecule has 0 N–H and O–H groups in total. The van der Waals surface area contributed by atoms with Gasteiger partial charge in [0.05, 0.1) is 11.5 Å². The Morgan fingerprint density at radius 1 is 1.11 bits per heavy atom. The molecule has 1 fully saturated rings. The molecule has 2 heterocycles. The van der Waals surface area contributed by atoms with Crippen LogP contribution in [0.4, 0.5) is 0 Å². The van der Waals surface area contributed by atoms with Crippen LogP contribution in [0.3, 0.4) is 0 Å². The molecule has 148 valence electrons. The van der Waals surface area contributed by atoms with E-state index in [0.717, 1.165) is 25.2 Å². The first-order chi connectivity index (χ1) is 13.0. The van der Waals surface area contributed by atoms with E-state index in [0.29, 0.717) is 36.9 Å². The van der Waals surface area contributed by atoms with Crippen molar-refractivity contribution in [3.8, 4) is 5.75 Å². The normalized spacial score (nSPS) is 16.5. The molecular weight excluding hydrogens is 384 g/mol. The Bertz CT molecular complexity index is 829. The molecular formula is C19H26N2O4S2. The summed E-state index contributed by atoms with van der Waals surface area (Å²) >= 11 is 1.69. The van der Waals surface area contributed by atoms with Gasteiger partial charge in [-0.25, -0.2) is 8.42 Å². The second kappa shape index (κ2) is 9.16. The summed E-state index contributed by atoms with van der Waals surface area (Å²) in [5, 5.41) is 4.21. The van der Waals surface area contributed by atoms with Crippen molar-refractivity contribution in [1.82, 2.24) is 9.21 Å². The molecule has 0 radical (unpaired) electrons. The van der Waals surface area contributed by atoms with Crippen LogP contribution in [0.1, 0.15) is 11.1 Å². The van der Waals surface area contributed by atoms with Crippen LogP contribution in [0.5, 0.6) is 5.75 Å². The van der Waals surface area contributed by atoms with Crippen molar-refractivity contribution in [1.29, 1.82) is 0 Å². The van der Waals surface area contributed by atoms with Crippen molar-refractivity contribution in [3.05, 3.63) is 46.2 Å². The van der Waals surface area contributed by atoms with Crippen LogP contribution in [0.25, 0.3) is 0 Å². The molecule has 0 amide bonds. The number of hydrogen-bond acceptors (Lipinski definition) is 6. The van der Waals surface area contributed by atoms with Crippen LogP contribution in [-0.4, -0.2) is 64.1 Å². The Morgan fingerprint density at radius 3 is 2.52 bits per heavy atom. The first-order valence-electron chi connectivity index (χ1n) is 8.96. The number of methoxy groups -OCH3 is 1. The highest BCUT2D eigenvalue weighted by Crippen LogP contribution is 2.25. The highest BCUT2D eigenvalue weighted by molar-refractivity contribution is 7.89. The first-order valence-corrected chi connectivity index (χ1v) is 11.3. The lowest BCUT2D eigenvalue weighted by molar-refractivity contribution is 0.146. The molecule has 6 nitrogen and oxygen atoms in total. The highest BCUT2D eigenvalue weighted by atomic mass is 32.2. The van der Waals surface area contributed by atoms with Crippen LogP contribution in [0, 0.1) is 6.92 Å². The minimum absolute atomic E-state index is 0.324. The summed E-state index contributed by atoms with van der Waals surface area (Å²) in [5.41, 5.74) is 2.10. The summed E-state index contributed by atoms with van der Waals surface area (Å²) in [6.07, 6.45) is 0. The lowest BCUT2D eigenvalue weighted by Crippen LogP contribution is -2.48. The fourth-order valence-corrected chi connectivity index (χ4v) is 5.26. The van der Waals surface area contributed by atoms with E-state index in [1.165, 1.54) is 5.56 Å². The van der Waals surface area contributed by atoms with Gasteiger partial charge >= 0.3 is 0 Å². The first kappa shape index (κ1) is 20.3. The van der Waals surface area contributed by atoms with Crippen molar-refractivity contribution in [3.63, 3.8) is 0 Å². The molecule has 2 aromatic rings. The van der Waals surface area contributed by atoms with Crippen molar-refractivity contribution < 1.29 is 17.9 Å². The number of sulfonamides is 1. The molecule has 0 unspecified atom stereocenters. The quantitative estimate of drug-likeness (QED) is 0.626. The molecule has 0 aliphatic carbocycles. The van der Waals surface area contributed by atoms with Gasteiger partial charge in [-0.05, 0) is 53.1 Å². The van der Waals surface area contributed by atoms with Gasteiger partial charge in [0.2, 0.25) is 10.0 Å². The predicted molar refractivity (Wildman–Crippen MR) is 107 cm³/mol.